The van der Waals surface area contributed by atoms with Gasteiger partial charge >= 0.3 is 5.97 Å². The van der Waals surface area contributed by atoms with Crippen molar-refractivity contribution in [1.29, 1.82) is 0 Å². The number of carboxylic acid groups (broad SMARTS) is 1. The molecule has 1 unspecified atom stereocenters. The van der Waals surface area contributed by atoms with Gasteiger partial charge in [0.25, 0.3) is 0 Å². The molecule has 0 fully saturated rings. The second kappa shape index (κ2) is 7.19. The van der Waals surface area contributed by atoms with Crippen LogP contribution in [-0.4, -0.2) is 37.8 Å². The Kier molecular flexibility index (Phi) is 6.68. The quantitative estimate of drug-likeness (QED) is 0.412. The minimum atomic E-state index is -1.83. The molecule has 1 N–H and O–H groups in total. The van der Waals surface area contributed by atoms with Gasteiger partial charge in [0, 0.05) is 6.42 Å². The van der Waals surface area contributed by atoms with Crippen molar-refractivity contribution in [2.75, 3.05) is 6.54 Å². The molecule has 4 nitrogen and oxygen atoms in total. The largest absolute Gasteiger partial charge is 0.477 e. The second-order valence-electron chi connectivity index (χ2n) is 4.32. The topological polar surface area (TPSA) is 58.9 Å². The van der Waals surface area contributed by atoms with Crippen molar-refractivity contribution in [1.82, 2.24) is 0 Å². The number of rotatable bonds is 8. The molecule has 0 aromatic heterocycles. The summed E-state index contributed by atoms with van der Waals surface area (Å²) in [5.41, 5.74) is 1.96. The Labute approximate surface area is 104 Å². The van der Waals surface area contributed by atoms with Crippen LogP contribution in [0.1, 0.15) is 13.3 Å². The average Bonchev–Trinajstić information content (AvgIpc) is 2.23. The lowest BCUT2D eigenvalue weighted by Crippen LogP contribution is -2.33. The van der Waals surface area contributed by atoms with Gasteiger partial charge in [0.1, 0.15) is 5.71 Å². The van der Waals surface area contributed by atoms with Crippen molar-refractivity contribution < 1.29 is 14.3 Å². The fourth-order valence-corrected chi connectivity index (χ4v) is 2.41. The molecule has 0 radical (unpaired) electrons. The normalized spacial score (nSPS) is 14.2. The molecule has 5 heteroatoms. The first-order valence-electron chi connectivity index (χ1n) is 5.51. The van der Waals surface area contributed by atoms with E-state index in [1.807, 2.05) is 25.7 Å². The summed E-state index contributed by atoms with van der Waals surface area (Å²) in [6.07, 6.45) is 1.69. The van der Waals surface area contributed by atoms with Crippen LogP contribution in [0, 0.1) is 0 Å². The van der Waals surface area contributed by atoms with E-state index in [2.05, 4.69) is 18.2 Å². The molecule has 0 rings (SSSR count). The number of hydrogen-bond donors (Lipinski definition) is 1. The van der Waals surface area contributed by atoms with Crippen molar-refractivity contribution in [2.24, 2.45) is 4.99 Å². The van der Waals surface area contributed by atoms with E-state index >= 15 is 0 Å². The fourth-order valence-electron chi connectivity index (χ4n) is 1.20. The zero-order chi connectivity index (χ0) is 13.5. The van der Waals surface area contributed by atoms with Crippen LogP contribution in [0.4, 0.5) is 0 Å². The summed E-state index contributed by atoms with van der Waals surface area (Å²) in [5.74, 6) is -1.00. The molecule has 0 heterocycles. The van der Waals surface area contributed by atoms with Gasteiger partial charge in [-0.2, -0.15) is 0 Å². The molecule has 0 aromatic carbocycles. The van der Waals surface area contributed by atoms with Gasteiger partial charge in [0.05, 0.1) is 12.6 Å². The number of hydrogen-bond acceptors (Lipinski definition) is 3. The molecule has 0 aliphatic heterocycles. The smallest absolute Gasteiger partial charge is 0.350 e. The van der Waals surface area contributed by atoms with Crippen LogP contribution in [0.3, 0.4) is 0 Å². The van der Waals surface area contributed by atoms with Crippen LogP contribution in [-0.2, 0) is 9.22 Å². The third-order valence-corrected chi connectivity index (χ3v) is 4.11. The van der Waals surface area contributed by atoms with Gasteiger partial charge in [-0.25, -0.2) is 4.79 Å². The first kappa shape index (κ1) is 15.8. The Morgan fingerprint density at radius 3 is 2.53 bits per heavy atom. The van der Waals surface area contributed by atoms with Gasteiger partial charge in [-0.05, 0) is 20.0 Å². The Hall–Kier alpha value is -1.20. The predicted octanol–water partition coefficient (Wildman–Crippen LogP) is 2.42. The SMILES string of the molecule is C=CCC(=NCC(C)O[Si](C)(C)C=C)C(=O)O. The number of carboxylic acids is 1. The molecule has 0 aromatic rings. The van der Waals surface area contributed by atoms with Crippen molar-refractivity contribution in [3.8, 4) is 0 Å². The number of aliphatic carboxylic acids is 1. The molecule has 96 valence electrons. The molecule has 0 saturated heterocycles. The van der Waals surface area contributed by atoms with Gasteiger partial charge in [0.2, 0.25) is 8.32 Å². The Balaban J connectivity index is 4.42. The fraction of sp³-hybridized carbons (Fsp3) is 0.500. The van der Waals surface area contributed by atoms with E-state index in [0.717, 1.165) is 0 Å². The molecule has 0 aliphatic carbocycles. The van der Waals surface area contributed by atoms with Gasteiger partial charge < -0.3 is 9.53 Å². The van der Waals surface area contributed by atoms with Crippen LogP contribution >= 0.6 is 0 Å². The Morgan fingerprint density at radius 2 is 2.12 bits per heavy atom. The summed E-state index contributed by atoms with van der Waals surface area (Å²) in [4.78, 5) is 14.9. The summed E-state index contributed by atoms with van der Waals surface area (Å²) < 4.78 is 5.79. The Morgan fingerprint density at radius 1 is 1.53 bits per heavy atom. The zero-order valence-electron chi connectivity index (χ0n) is 10.8. The zero-order valence-corrected chi connectivity index (χ0v) is 11.8. The average molecular weight is 255 g/mol. The van der Waals surface area contributed by atoms with E-state index < -0.39 is 14.3 Å². The van der Waals surface area contributed by atoms with Crippen molar-refractivity contribution >= 4 is 20.0 Å². The summed E-state index contributed by atoms with van der Waals surface area (Å²) >= 11 is 0. The highest BCUT2D eigenvalue weighted by Gasteiger charge is 2.20. The lowest BCUT2D eigenvalue weighted by molar-refractivity contribution is -0.129. The molecule has 0 spiro atoms. The number of aliphatic imine (C=N–C) groups is 1. The predicted molar refractivity (Wildman–Crippen MR) is 73.0 cm³/mol. The lowest BCUT2D eigenvalue weighted by atomic mass is 10.2. The van der Waals surface area contributed by atoms with Gasteiger partial charge in [-0.15, -0.1) is 13.2 Å². The maximum Gasteiger partial charge on any atom is 0.350 e. The molecule has 17 heavy (non-hydrogen) atoms. The highest BCUT2D eigenvalue weighted by molar-refractivity contribution is 6.76. The molecule has 1 atom stereocenters. The summed E-state index contributed by atoms with van der Waals surface area (Å²) in [6.45, 7) is 13.5. The number of allylic oxidation sites excluding steroid dienone is 1. The molecule has 0 aliphatic rings. The molecular formula is C12H21NO3Si. The minimum absolute atomic E-state index is 0.103. The van der Waals surface area contributed by atoms with Gasteiger partial charge in [0.15, 0.2) is 0 Å². The maximum atomic E-state index is 10.8. The van der Waals surface area contributed by atoms with E-state index in [4.69, 9.17) is 9.53 Å². The first-order valence-corrected chi connectivity index (χ1v) is 8.50. The van der Waals surface area contributed by atoms with E-state index in [0.29, 0.717) is 6.54 Å². The first-order chi connectivity index (χ1) is 7.82. The standard InChI is InChI=1S/C12H21NO3Si/c1-6-8-11(12(14)15)13-9-10(3)16-17(4,5)7-2/h6-7,10H,1-2,8-9H2,3-5H3,(H,14,15). The maximum absolute atomic E-state index is 10.8. The monoisotopic (exact) mass is 255 g/mol. The van der Waals surface area contributed by atoms with Crippen LogP contribution in [0.5, 0.6) is 0 Å². The lowest BCUT2D eigenvalue weighted by Gasteiger charge is -2.23. The molecule has 0 amide bonds. The van der Waals surface area contributed by atoms with Crippen LogP contribution in [0.15, 0.2) is 29.9 Å². The number of nitrogens with zero attached hydrogens (tertiary/aromatic N) is 1. The highest BCUT2D eigenvalue weighted by atomic mass is 28.4. The minimum Gasteiger partial charge on any atom is -0.477 e. The van der Waals surface area contributed by atoms with Crippen molar-refractivity contribution in [3.63, 3.8) is 0 Å². The molecule has 0 saturated carbocycles. The van der Waals surface area contributed by atoms with Crippen LogP contribution in [0.2, 0.25) is 13.1 Å². The van der Waals surface area contributed by atoms with Gasteiger partial charge in [-0.1, -0.05) is 11.8 Å². The van der Waals surface area contributed by atoms with E-state index in [-0.39, 0.29) is 18.2 Å². The summed E-state index contributed by atoms with van der Waals surface area (Å²) in [6, 6.07) is 0. The summed E-state index contributed by atoms with van der Waals surface area (Å²) in [7, 11) is -1.83. The highest BCUT2D eigenvalue weighted by Crippen LogP contribution is 2.09. The van der Waals surface area contributed by atoms with E-state index in [1.165, 1.54) is 6.08 Å². The van der Waals surface area contributed by atoms with Crippen LogP contribution in [0.25, 0.3) is 0 Å². The van der Waals surface area contributed by atoms with Crippen molar-refractivity contribution in [3.05, 3.63) is 24.9 Å². The summed E-state index contributed by atoms with van der Waals surface area (Å²) in [5, 5.41) is 8.87. The second-order valence-corrected chi connectivity index (χ2v) is 8.17. The third kappa shape index (κ3) is 6.86. The molecular weight excluding hydrogens is 234 g/mol. The van der Waals surface area contributed by atoms with Crippen LogP contribution < -0.4 is 0 Å². The molecule has 0 bridgehead atoms. The Bertz CT molecular complexity index is 324. The van der Waals surface area contributed by atoms with Crippen molar-refractivity contribution in [2.45, 2.75) is 32.5 Å². The number of carbonyl (C=O) groups is 1. The third-order valence-electron chi connectivity index (χ3n) is 2.12. The van der Waals surface area contributed by atoms with Gasteiger partial charge in [-0.3, -0.25) is 4.99 Å². The van der Waals surface area contributed by atoms with E-state index in [1.54, 1.807) is 0 Å². The van der Waals surface area contributed by atoms with E-state index in [9.17, 15) is 4.79 Å².